The van der Waals surface area contributed by atoms with Crippen LogP contribution >= 0.6 is 0 Å². The van der Waals surface area contributed by atoms with Crippen LogP contribution in [0.1, 0.15) is 12.8 Å². The molecule has 0 saturated heterocycles. The van der Waals surface area contributed by atoms with Crippen molar-refractivity contribution in [3.63, 3.8) is 0 Å². The van der Waals surface area contributed by atoms with Gasteiger partial charge in [-0.15, -0.1) is 0 Å². The molecule has 0 aromatic carbocycles. The molecule has 0 aromatic heterocycles. The first-order valence-corrected chi connectivity index (χ1v) is 2.77. The van der Waals surface area contributed by atoms with E-state index in [0.717, 1.165) is 0 Å². The van der Waals surface area contributed by atoms with E-state index in [1.807, 2.05) is 0 Å². The topological polar surface area (TPSA) is 104 Å². The average Bonchev–Trinajstić information content (AvgIpc) is 1.82. The van der Waals surface area contributed by atoms with Crippen molar-refractivity contribution in [2.45, 2.75) is 18.9 Å². The molecule has 5 heteroatoms. The van der Waals surface area contributed by atoms with Gasteiger partial charge in [0.15, 0.2) is 0 Å². The molecule has 1 amide bonds. The van der Waals surface area contributed by atoms with Gasteiger partial charge in [-0.2, -0.15) is 0 Å². The molecular formula is C5H9N2O3. The number of rotatable bonds is 4. The van der Waals surface area contributed by atoms with Crippen molar-refractivity contribution in [1.29, 1.82) is 0 Å². The third kappa shape index (κ3) is 3.85. The number of carboxylic acids is 1. The Morgan fingerprint density at radius 2 is 2.10 bits per heavy atom. The molecular weight excluding hydrogens is 136 g/mol. The zero-order valence-corrected chi connectivity index (χ0v) is 5.33. The number of nitrogens with two attached hydrogens (primary N) is 1. The van der Waals surface area contributed by atoms with Gasteiger partial charge >= 0.3 is 5.97 Å². The molecule has 0 unspecified atom stereocenters. The number of carbonyl (C=O) groups excluding carboxylic acids is 1. The Hall–Kier alpha value is -1.10. The highest BCUT2D eigenvalue weighted by atomic mass is 16.4. The average molecular weight is 145 g/mol. The quantitative estimate of drug-likeness (QED) is 0.528. The van der Waals surface area contributed by atoms with E-state index in [0.29, 0.717) is 0 Å². The van der Waals surface area contributed by atoms with Gasteiger partial charge in [-0.3, -0.25) is 15.3 Å². The maximum absolute atomic E-state index is 10.1. The Labute approximate surface area is 58.0 Å². The van der Waals surface area contributed by atoms with Crippen LogP contribution in [-0.4, -0.2) is 23.0 Å². The fourth-order valence-electron chi connectivity index (χ4n) is 0.410. The van der Waals surface area contributed by atoms with Crippen LogP contribution < -0.4 is 11.5 Å². The number of aliphatic carboxylic acids is 1. The summed E-state index contributed by atoms with van der Waals surface area (Å²) < 4.78 is 0. The van der Waals surface area contributed by atoms with Gasteiger partial charge in [0.25, 0.3) is 5.91 Å². The summed E-state index contributed by atoms with van der Waals surface area (Å²) in [5.41, 5.74) is 11.5. The maximum atomic E-state index is 10.1. The summed E-state index contributed by atoms with van der Waals surface area (Å²) in [4.78, 5) is 20.0. The first-order chi connectivity index (χ1) is 4.54. The van der Waals surface area contributed by atoms with Gasteiger partial charge in [0, 0.05) is 6.42 Å². The van der Waals surface area contributed by atoms with E-state index in [1.54, 1.807) is 0 Å². The second kappa shape index (κ2) is 3.84. The van der Waals surface area contributed by atoms with Crippen LogP contribution in [0.25, 0.3) is 0 Å². The number of hydrogen-bond acceptors (Lipinski definition) is 3. The Morgan fingerprint density at radius 1 is 1.60 bits per heavy atom. The maximum Gasteiger partial charge on any atom is 0.303 e. The first kappa shape index (κ1) is 8.90. The van der Waals surface area contributed by atoms with Gasteiger partial charge in [-0.05, 0) is 6.42 Å². The number of hydrogen-bond donors (Lipinski definition) is 2. The van der Waals surface area contributed by atoms with Crippen LogP contribution in [0.15, 0.2) is 0 Å². The molecule has 10 heavy (non-hydrogen) atoms. The first-order valence-electron chi connectivity index (χ1n) is 2.77. The smallest absolute Gasteiger partial charge is 0.303 e. The van der Waals surface area contributed by atoms with Gasteiger partial charge in [0.2, 0.25) is 0 Å². The van der Waals surface area contributed by atoms with E-state index in [4.69, 9.17) is 16.6 Å². The SMILES string of the molecule is [NH]C(=O)[C@@H](N)CCC(=O)O. The lowest BCUT2D eigenvalue weighted by atomic mass is 10.1. The molecule has 0 aliphatic rings. The van der Waals surface area contributed by atoms with Crippen molar-refractivity contribution < 1.29 is 14.7 Å². The molecule has 1 radical (unpaired) electrons. The van der Waals surface area contributed by atoms with E-state index in [2.05, 4.69) is 0 Å². The number of nitrogens with one attached hydrogen (secondary N) is 1. The van der Waals surface area contributed by atoms with Crippen molar-refractivity contribution in [3.8, 4) is 0 Å². The van der Waals surface area contributed by atoms with Crippen molar-refractivity contribution in [1.82, 2.24) is 5.73 Å². The molecule has 57 valence electrons. The lowest BCUT2D eigenvalue weighted by molar-refractivity contribution is -0.137. The minimum Gasteiger partial charge on any atom is -0.481 e. The summed E-state index contributed by atoms with van der Waals surface area (Å²) in [5.74, 6) is -1.92. The Kier molecular flexibility index (Phi) is 3.42. The zero-order valence-electron chi connectivity index (χ0n) is 5.33. The summed E-state index contributed by atoms with van der Waals surface area (Å²) >= 11 is 0. The highest BCUT2D eigenvalue weighted by molar-refractivity contribution is 5.79. The van der Waals surface area contributed by atoms with Gasteiger partial charge in [-0.25, -0.2) is 0 Å². The fourth-order valence-corrected chi connectivity index (χ4v) is 0.410. The zero-order chi connectivity index (χ0) is 8.15. The summed E-state index contributed by atoms with van der Waals surface area (Å²) in [6.07, 6.45) is -0.122. The number of carboxylic acid groups (broad SMARTS) is 1. The second-order valence-electron chi connectivity index (χ2n) is 1.90. The Bertz CT molecular complexity index is 146. The molecule has 1 atom stereocenters. The fraction of sp³-hybridized carbons (Fsp3) is 0.600. The summed E-state index contributed by atoms with van der Waals surface area (Å²) in [6.45, 7) is 0. The molecule has 0 aliphatic carbocycles. The molecule has 0 aliphatic heterocycles. The highest BCUT2D eigenvalue weighted by Crippen LogP contribution is 1.93. The summed E-state index contributed by atoms with van der Waals surface area (Å²) in [5, 5.41) is 8.12. The third-order valence-electron chi connectivity index (χ3n) is 1.01. The normalized spacial score (nSPS) is 12.5. The minimum absolute atomic E-state index is 0.0394. The Morgan fingerprint density at radius 3 is 2.40 bits per heavy atom. The summed E-state index contributed by atoms with van der Waals surface area (Å²) in [6, 6.07) is -0.948. The van der Waals surface area contributed by atoms with Crippen LogP contribution in [0.5, 0.6) is 0 Å². The van der Waals surface area contributed by atoms with Gasteiger partial charge < -0.3 is 10.8 Å². The lowest BCUT2D eigenvalue weighted by Gasteiger charge is -2.01. The number of amides is 1. The third-order valence-corrected chi connectivity index (χ3v) is 1.01. The van der Waals surface area contributed by atoms with Crippen LogP contribution in [-0.2, 0) is 9.59 Å². The van der Waals surface area contributed by atoms with E-state index < -0.39 is 17.9 Å². The molecule has 0 bridgehead atoms. The van der Waals surface area contributed by atoms with Crippen molar-refractivity contribution in [2.75, 3.05) is 0 Å². The van der Waals surface area contributed by atoms with Gasteiger partial charge in [-0.1, -0.05) is 0 Å². The largest absolute Gasteiger partial charge is 0.481 e. The molecule has 0 aromatic rings. The Balaban J connectivity index is 3.49. The standard InChI is InChI=1S/C5H9N2O3/c6-3(5(7)10)1-2-4(8)9/h3,7H,1-2,6H2,(H,8,9)/t3-/m0/s1. The molecule has 4 N–H and O–H groups in total. The van der Waals surface area contributed by atoms with Gasteiger partial charge in [0.1, 0.15) is 0 Å². The molecule has 0 fully saturated rings. The molecule has 0 spiro atoms. The van der Waals surface area contributed by atoms with Crippen LogP contribution in [0, 0.1) is 0 Å². The number of carbonyl (C=O) groups is 2. The molecule has 5 nitrogen and oxygen atoms in total. The van der Waals surface area contributed by atoms with Gasteiger partial charge in [0.05, 0.1) is 6.04 Å². The monoisotopic (exact) mass is 145 g/mol. The predicted octanol–water partition coefficient (Wildman–Crippen LogP) is -1.01. The van der Waals surface area contributed by atoms with E-state index in [9.17, 15) is 9.59 Å². The van der Waals surface area contributed by atoms with Crippen LogP contribution in [0.3, 0.4) is 0 Å². The van der Waals surface area contributed by atoms with E-state index in [-0.39, 0.29) is 12.8 Å². The summed E-state index contributed by atoms with van der Waals surface area (Å²) in [7, 11) is 0. The molecule has 0 heterocycles. The van der Waals surface area contributed by atoms with Crippen molar-refractivity contribution >= 4 is 11.9 Å². The van der Waals surface area contributed by atoms with Crippen LogP contribution in [0.2, 0.25) is 0 Å². The van der Waals surface area contributed by atoms with Crippen molar-refractivity contribution in [3.05, 3.63) is 0 Å². The van der Waals surface area contributed by atoms with E-state index >= 15 is 0 Å². The van der Waals surface area contributed by atoms with Crippen LogP contribution in [0.4, 0.5) is 0 Å². The predicted molar refractivity (Wildman–Crippen MR) is 32.9 cm³/mol. The molecule has 0 saturated carbocycles. The van der Waals surface area contributed by atoms with Crippen molar-refractivity contribution in [2.24, 2.45) is 5.73 Å². The second-order valence-corrected chi connectivity index (χ2v) is 1.90. The lowest BCUT2D eigenvalue weighted by Crippen LogP contribution is -2.31. The molecule has 0 rings (SSSR count). The minimum atomic E-state index is -1.00. The van der Waals surface area contributed by atoms with E-state index in [1.165, 1.54) is 0 Å². The highest BCUT2D eigenvalue weighted by Gasteiger charge is 2.10.